The van der Waals surface area contributed by atoms with Gasteiger partial charge in [0.15, 0.2) is 0 Å². The fourth-order valence-electron chi connectivity index (χ4n) is 2.82. The van der Waals surface area contributed by atoms with Gasteiger partial charge in [0.05, 0.1) is 16.1 Å². The van der Waals surface area contributed by atoms with Crippen LogP contribution in [0, 0.1) is 0 Å². The van der Waals surface area contributed by atoms with Gasteiger partial charge >= 0.3 is 0 Å². The Labute approximate surface area is 118 Å². The normalized spacial score (nSPS) is 17.0. The first-order chi connectivity index (χ1) is 9.26. The van der Waals surface area contributed by atoms with E-state index >= 15 is 0 Å². The summed E-state index contributed by atoms with van der Waals surface area (Å²) >= 11 is 6.38. The minimum Gasteiger partial charge on any atom is -0.330 e. The molecule has 1 heterocycles. The Bertz CT molecular complexity index is 586. The molecule has 3 nitrogen and oxygen atoms in total. The number of hydrogen-bond acceptors (Lipinski definition) is 2. The molecular weight excluding hydrogens is 258 g/mol. The SMILES string of the molecule is CCCC(CN)c1nc2cccc(Cl)c2n1C1CC1. The fourth-order valence-corrected chi connectivity index (χ4v) is 3.08. The van der Waals surface area contributed by atoms with Crippen molar-refractivity contribution in [1.82, 2.24) is 9.55 Å². The molecule has 2 N–H and O–H groups in total. The molecular formula is C15H20ClN3. The maximum atomic E-state index is 6.38. The number of halogens is 1. The highest BCUT2D eigenvalue weighted by Crippen LogP contribution is 2.42. The Kier molecular flexibility index (Phi) is 3.50. The van der Waals surface area contributed by atoms with Crippen LogP contribution in [0.2, 0.25) is 5.02 Å². The van der Waals surface area contributed by atoms with E-state index in [1.165, 1.54) is 12.8 Å². The van der Waals surface area contributed by atoms with E-state index in [1.807, 2.05) is 18.2 Å². The molecule has 0 saturated heterocycles. The average Bonchev–Trinajstić information content (AvgIpc) is 3.17. The van der Waals surface area contributed by atoms with E-state index in [2.05, 4.69) is 11.5 Å². The summed E-state index contributed by atoms with van der Waals surface area (Å²) in [6, 6.07) is 6.54. The van der Waals surface area contributed by atoms with Crippen LogP contribution in [-0.4, -0.2) is 16.1 Å². The lowest BCUT2D eigenvalue weighted by Crippen LogP contribution is -2.17. The molecule has 102 valence electrons. The molecule has 0 spiro atoms. The Balaban J connectivity index is 2.17. The van der Waals surface area contributed by atoms with Crippen LogP contribution in [-0.2, 0) is 0 Å². The maximum absolute atomic E-state index is 6.38. The van der Waals surface area contributed by atoms with Crippen molar-refractivity contribution in [2.24, 2.45) is 5.73 Å². The van der Waals surface area contributed by atoms with Gasteiger partial charge in [0, 0.05) is 18.5 Å². The van der Waals surface area contributed by atoms with Gasteiger partial charge in [-0.25, -0.2) is 4.98 Å². The minimum atomic E-state index is 0.342. The van der Waals surface area contributed by atoms with Crippen molar-refractivity contribution in [1.29, 1.82) is 0 Å². The molecule has 19 heavy (non-hydrogen) atoms. The van der Waals surface area contributed by atoms with Gasteiger partial charge < -0.3 is 10.3 Å². The molecule has 1 unspecified atom stereocenters. The lowest BCUT2D eigenvalue weighted by Gasteiger charge is -2.16. The van der Waals surface area contributed by atoms with Crippen LogP contribution in [0.5, 0.6) is 0 Å². The summed E-state index contributed by atoms with van der Waals surface area (Å²) in [7, 11) is 0. The number of aromatic nitrogens is 2. The molecule has 0 bridgehead atoms. The van der Waals surface area contributed by atoms with E-state index in [0.29, 0.717) is 18.5 Å². The molecule has 1 aliphatic carbocycles. The number of imidazole rings is 1. The second-order valence-corrected chi connectivity index (χ2v) is 5.81. The molecule has 0 radical (unpaired) electrons. The quantitative estimate of drug-likeness (QED) is 0.902. The number of nitrogens with zero attached hydrogens (tertiary/aromatic N) is 2. The molecule has 1 aromatic heterocycles. The monoisotopic (exact) mass is 277 g/mol. The smallest absolute Gasteiger partial charge is 0.114 e. The predicted molar refractivity (Wildman–Crippen MR) is 79.7 cm³/mol. The van der Waals surface area contributed by atoms with Crippen LogP contribution in [0.15, 0.2) is 18.2 Å². The molecule has 1 aliphatic rings. The van der Waals surface area contributed by atoms with Crippen LogP contribution in [0.4, 0.5) is 0 Å². The van der Waals surface area contributed by atoms with Gasteiger partial charge in [-0.2, -0.15) is 0 Å². The zero-order valence-corrected chi connectivity index (χ0v) is 12.0. The zero-order chi connectivity index (χ0) is 13.4. The summed E-state index contributed by atoms with van der Waals surface area (Å²) in [5, 5.41) is 0.801. The number of nitrogens with two attached hydrogens (primary N) is 1. The summed E-state index contributed by atoms with van der Waals surface area (Å²) < 4.78 is 2.35. The van der Waals surface area contributed by atoms with E-state index in [9.17, 15) is 0 Å². The second-order valence-electron chi connectivity index (χ2n) is 5.40. The highest BCUT2D eigenvalue weighted by atomic mass is 35.5. The van der Waals surface area contributed by atoms with Gasteiger partial charge in [-0.3, -0.25) is 0 Å². The van der Waals surface area contributed by atoms with Crippen LogP contribution >= 0.6 is 11.6 Å². The van der Waals surface area contributed by atoms with E-state index in [1.54, 1.807) is 0 Å². The highest BCUT2D eigenvalue weighted by Gasteiger charge is 2.31. The minimum absolute atomic E-state index is 0.342. The van der Waals surface area contributed by atoms with Crippen LogP contribution in [0.3, 0.4) is 0 Å². The van der Waals surface area contributed by atoms with Crippen molar-refractivity contribution in [2.75, 3.05) is 6.54 Å². The van der Waals surface area contributed by atoms with Crippen LogP contribution < -0.4 is 5.73 Å². The van der Waals surface area contributed by atoms with E-state index in [0.717, 1.165) is 34.7 Å². The maximum Gasteiger partial charge on any atom is 0.114 e. The van der Waals surface area contributed by atoms with Crippen molar-refractivity contribution in [2.45, 2.75) is 44.6 Å². The Morgan fingerprint density at radius 3 is 2.89 bits per heavy atom. The third-order valence-electron chi connectivity index (χ3n) is 3.89. The van der Waals surface area contributed by atoms with Crippen LogP contribution in [0.25, 0.3) is 11.0 Å². The molecule has 0 amide bonds. The number of hydrogen-bond donors (Lipinski definition) is 1. The molecule has 3 rings (SSSR count). The molecule has 1 aromatic carbocycles. The number of benzene rings is 1. The Morgan fingerprint density at radius 1 is 1.47 bits per heavy atom. The van der Waals surface area contributed by atoms with Crippen molar-refractivity contribution in [3.63, 3.8) is 0 Å². The highest BCUT2D eigenvalue weighted by molar-refractivity contribution is 6.35. The average molecular weight is 278 g/mol. The first-order valence-electron chi connectivity index (χ1n) is 7.12. The lowest BCUT2D eigenvalue weighted by atomic mass is 10.0. The lowest BCUT2D eigenvalue weighted by molar-refractivity contribution is 0.552. The van der Waals surface area contributed by atoms with Crippen LogP contribution in [0.1, 0.15) is 50.4 Å². The van der Waals surface area contributed by atoms with Crippen molar-refractivity contribution >= 4 is 22.6 Å². The summed E-state index contributed by atoms with van der Waals surface area (Å²) in [6.45, 7) is 2.85. The molecule has 1 saturated carbocycles. The molecule has 1 atom stereocenters. The van der Waals surface area contributed by atoms with Crippen molar-refractivity contribution in [3.8, 4) is 0 Å². The summed E-state index contributed by atoms with van der Waals surface area (Å²) in [5.41, 5.74) is 8.05. The van der Waals surface area contributed by atoms with Gasteiger partial charge in [-0.05, 0) is 31.4 Å². The third kappa shape index (κ3) is 2.26. The third-order valence-corrected chi connectivity index (χ3v) is 4.19. The molecule has 1 fully saturated rings. The van der Waals surface area contributed by atoms with Gasteiger partial charge in [0.1, 0.15) is 5.82 Å². The van der Waals surface area contributed by atoms with Gasteiger partial charge in [-0.1, -0.05) is 31.0 Å². The first-order valence-corrected chi connectivity index (χ1v) is 7.50. The molecule has 2 aromatic rings. The molecule has 4 heteroatoms. The Hall–Kier alpha value is -1.06. The van der Waals surface area contributed by atoms with Gasteiger partial charge in [0.2, 0.25) is 0 Å². The Morgan fingerprint density at radius 2 is 2.26 bits per heavy atom. The zero-order valence-electron chi connectivity index (χ0n) is 11.3. The predicted octanol–water partition coefficient (Wildman–Crippen LogP) is 3.87. The second kappa shape index (κ2) is 5.14. The standard InChI is InChI=1S/C15H20ClN3/c1-2-4-10(9-17)15-18-13-6-3-5-12(16)14(13)19(15)11-7-8-11/h3,5-6,10-11H,2,4,7-9,17H2,1H3. The van der Waals surface area contributed by atoms with E-state index < -0.39 is 0 Å². The number of rotatable bonds is 5. The van der Waals surface area contributed by atoms with Crippen molar-refractivity contribution < 1.29 is 0 Å². The van der Waals surface area contributed by atoms with Crippen molar-refractivity contribution in [3.05, 3.63) is 29.0 Å². The summed E-state index contributed by atoms with van der Waals surface area (Å²) in [6.07, 6.45) is 4.67. The number of fused-ring (bicyclic) bond motifs is 1. The largest absolute Gasteiger partial charge is 0.330 e. The molecule has 0 aliphatic heterocycles. The van der Waals surface area contributed by atoms with Gasteiger partial charge in [0.25, 0.3) is 0 Å². The van der Waals surface area contributed by atoms with Gasteiger partial charge in [-0.15, -0.1) is 0 Å². The van der Waals surface area contributed by atoms with E-state index in [-0.39, 0.29) is 0 Å². The number of para-hydroxylation sites is 1. The summed E-state index contributed by atoms with van der Waals surface area (Å²) in [4.78, 5) is 4.82. The fraction of sp³-hybridized carbons (Fsp3) is 0.533. The van der Waals surface area contributed by atoms with E-state index in [4.69, 9.17) is 22.3 Å². The first kappa shape index (κ1) is 12.9. The summed E-state index contributed by atoms with van der Waals surface area (Å²) in [5.74, 6) is 1.48. The topological polar surface area (TPSA) is 43.8 Å².